The van der Waals surface area contributed by atoms with E-state index in [1.54, 1.807) is 0 Å². The van der Waals surface area contributed by atoms with E-state index in [9.17, 15) is 28.3 Å². The third-order valence-electron chi connectivity index (χ3n) is 4.77. The smallest absolute Gasteiger partial charge is 0.329 e. The number of carbonyl (C=O) groups is 3. The number of carboxylic acids is 1. The highest BCUT2D eigenvalue weighted by atomic mass is 19.1. The number of benzene rings is 1. The molecule has 148 valence electrons. The van der Waals surface area contributed by atoms with E-state index in [-0.39, 0.29) is 24.2 Å². The molecule has 1 aromatic heterocycles. The first-order valence-corrected chi connectivity index (χ1v) is 8.69. The first kappa shape index (κ1) is 19.5. The number of carbonyl (C=O) groups excluding carboxylic acids is 2. The van der Waals surface area contributed by atoms with E-state index in [1.165, 1.54) is 0 Å². The van der Waals surface area contributed by atoms with Crippen LogP contribution < -0.4 is 10.6 Å². The topological polar surface area (TPSA) is 124 Å². The standard InChI is InChI=1S/C18H18F2N4O4/c19-10-5-4-6-11(20)13(10)15(25)22-12-9-21-24-14(12)16(26)23-18(17(27)28)7-2-1-3-8-18/h4-6,9H,1-3,7-8H2,(H,21,24)(H,22,25)(H,23,26)(H,27,28). The summed E-state index contributed by atoms with van der Waals surface area (Å²) in [5, 5.41) is 20.3. The minimum Gasteiger partial charge on any atom is -0.480 e. The van der Waals surface area contributed by atoms with Gasteiger partial charge < -0.3 is 15.7 Å². The second kappa shape index (κ2) is 7.75. The molecule has 3 rings (SSSR count). The van der Waals surface area contributed by atoms with Gasteiger partial charge in [0.15, 0.2) is 0 Å². The zero-order valence-electron chi connectivity index (χ0n) is 14.7. The van der Waals surface area contributed by atoms with Crippen molar-refractivity contribution in [3.05, 3.63) is 47.3 Å². The van der Waals surface area contributed by atoms with Gasteiger partial charge in [-0.1, -0.05) is 25.3 Å². The van der Waals surface area contributed by atoms with Crippen molar-refractivity contribution in [3.63, 3.8) is 0 Å². The van der Waals surface area contributed by atoms with Crippen LogP contribution in [0.15, 0.2) is 24.4 Å². The van der Waals surface area contributed by atoms with Crippen molar-refractivity contribution in [3.8, 4) is 0 Å². The van der Waals surface area contributed by atoms with Crippen molar-refractivity contribution in [1.82, 2.24) is 15.5 Å². The number of aromatic amines is 1. The van der Waals surface area contributed by atoms with Crippen molar-refractivity contribution in [2.24, 2.45) is 0 Å². The summed E-state index contributed by atoms with van der Waals surface area (Å²) in [7, 11) is 0. The molecule has 2 amide bonds. The lowest BCUT2D eigenvalue weighted by atomic mass is 9.81. The SMILES string of the molecule is O=C(NC1(C(=O)O)CCCCC1)c1[nH]ncc1NC(=O)c1c(F)cccc1F. The summed E-state index contributed by atoms with van der Waals surface area (Å²) < 4.78 is 27.5. The Morgan fingerprint density at radius 3 is 2.32 bits per heavy atom. The van der Waals surface area contributed by atoms with E-state index in [2.05, 4.69) is 20.8 Å². The maximum absolute atomic E-state index is 13.8. The zero-order valence-corrected chi connectivity index (χ0v) is 14.7. The minimum absolute atomic E-state index is 0.124. The van der Waals surface area contributed by atoms with E-state index in [1.807, 2.05) is 0 Å². The number of aromatic nitrogens is 2. The maximum atomic E-state index is 13.8. The van der Waals surface area contributed by atoms with Crippen LogP contribution >= 0.6 is 0 Å². The Morgan fingerprint density at radius 2 is 1.71 bits per heavy atom. The molecule has 0 aliphatic heterocycles. The summed E-state index contributed by atoms with van der Waals surface area (Å²) >= 11 is 0. The Balaban J connectivity index is 1.80. The van der Waals surface area contributed by atoms with Gasteiger partial charge in [-0.05, 0) is 25.0 Å². The fourth-order valence-electron chi connectivity index (χ4n) is 3.28. The first-order chi connectivity index (χ1) is 13.3. The minimum atomic E-state index is -1.40. The van der Waals surface area contributed by atoms with Gasteiger partial charge in [-0.2, -0.15) is 5.10 Å². The van der Waals surface area contributed by atoms with E-state index in [0.29, 0.717) is 12.8 Å². The van der Waals surface area contributed by atoms with E-state index in [4.69, 9.17) is 0 Å². The number of hydrogen-bond donors (Lipinski definition) is 4. The fourth-order valence-corrected chi connectivity index (χ4v) is 3.28. The Labute approximate surface area is 158 Å². The van der Waals surface area contributed by atoms with Crippen LogP contribution in [0.5, 0.6) is 0 Å². The van der Waals surface area contributed by atoms with Gasteiger partial charge >= 0.3 is 5.97 Å². The average Bonchev–Trinajstić information content (AvgIpc) is 3.10. The molecule has 1 fully saturated rings. The molecule has 0 radical (unpaired) electrons. The number of H-pyrrole nitrogens is 1. The molecule has 2 aromatic rings. The Morgan fingerprint density at radius 1 is 1.07 bits per heavy atom. The van der Waals surface area contributed by atoms with Gasteiger partial charge in [-0.25, -0.2) is 13.6 Å². The lowest BCUT2D eigenvalue weighted by Gasteiger charge is -2.33. The molecule has 1 saturated carbocycles. The van der Waals surface area contributed by atoms with Crippen LogP contribution in [0, 0.1) is 11.6 Å². The lowest BCUT2D eigenvalue weighted by molar-refractivity contribution is -0.145. The van der Waals surface area contributed by atoms with E-state index >= 15 is 0 Å². The highest BCUT2D eigenvalue weighted by molar-refractivity contribution is 6.09. The number of amides is 2. The highest BCUT2D eigenvalue weighted by Crippen LogP contribution is 2.29. The number of nitrogens with zero attached hydrogens (tertiary/aromatic N) is 1. The Hall–Kier alpha value is -3.30. The van der Waals surface area contributed by atoms with Crippen molar-refractivity contribution in [2.75, 3.05) is 5.32 Å². The fraction of sp³-hybridized carbons (Fsp3) is 0.333. The number of halogens is 2. The first-order valence-electron chi connectivity index (χ1n) is 8.69. The van der Waals surface area contributed by atoms with E-state index < -0.39 is 40.5 Å². The van der Waals surface area contributed by atoms with Crippen LogP contribution in [-0.2, 0) is 4.79 Å². The van der Waals surface area contributed by atoms with Gasteiger partial charge in [0, 0.05) is 0 Å². The van der Waals surface area contributed by atoms with Crippen LogP contribution in [0.25, 0.3) is 0 Å². The van der Waals surface area contributed by atoms with Crippen LogP contribution in [0.1, 0.15) is 53.0 Å². The number of anilines is 1. The molecule has 0 atom stereocenters. The second-order valence-corrected chi connectivity index (χ2v) is 6.61. The molecule has 1 aromatic carbocycles. The predicted octanol–water partition coefficient (Wildman–Crippen LogP) is 2.46. The maximum Gasteiger partial charge on any atom is 0.329 e. The number of rotatable bonds is 5. The molecule has 10 heteroatoms. The molecule has 4 N–H and O–H groups in total. The molecule has 28 heavy (non-hydrogen) atoms. The number of carboxylic acid groups (broad SMARTS) is 1. The molecule has 0 spiro atoms. The van der Waals surface area contributed by atoms with Gasteiger partial charge in [0.2, 0.25) is 0 Å². The molecular weight excluding hydrogens is 374 g/mol. The third-order valence-corrected chi connectivity index (χ3v) is 4.77. The van der Waals surface area contributed by atoms with Gasteiger partial charge in [0.1, 0.15) is 28.4 Å². The Kier molecular flexibility index (Phi) is 5.39. The largest absolute Gasteiger partial charge is 0.480 e. The summed E-state index contributed by atoms with van der Waals surface area (Å²) in [5.74, 6) is -5.14. The molecule has 0 saturated heterocycles. The van der Waals surface area contributed by atoms with Crippen molar-refractivity contribution in [1.29, 1.82) is 0 Å². The van der Waals surface area contributed by atoms with Gasteiger partial charge in [0.05, 0.1) is 11.9 Å². The van der Waals surface area contributed by atoms with Crippen LogP contribution in [-0.4, -0.2) is 38.6 Å². The van der Waals surface area contributed by atoms with Crippen LogP contribution in [0.2, 0.25) is 0 Å². The monoisotopic (exact) mass is 392 g/mol. The molecule has 0 bridgehead atoms. The molecule has 1 aliphatic rings. The van der Waals surface area contributed by atoms with Crippen molar-refractivity contribution in [2.45, 2.75) is 37.6 Å². The normalized spacial score (nSPS) is 15.6. The third kappa shape index (κ3) is 3.71. The van der Waals surface area contributed by atoms with E-state index in [0.717, 1.165) is 30.8 Å². The van der Waals surface area contributed by atoms with Gasteiger partial charge in [-0.3, -0.25) is 14.7 Å². The second-order valence-electron chi connectivity index (χ2n) is 6.61. The molecule has 1 heterocycles. The van der Waals surface area contributed by atoms with Crippen LogP contribution in [0.3, 0.4) is 0 Å². The number of aliphatic carboxylic acids is 1. The van der Waals surface area contributed by atoms with Crippen molar-refractivity contribution < 1.29 is 28.3 Å². The molecule has 1 aliphatic carbocycles. The summed E-state index contributed by atoms with van der Waals surface area (Å²) in [6, 6.07) is 2.98. The summed E-state index contributed by atoms with van der Waals surface area (Å²) in [6.45, 7) is 0. The number of hydrogen-bond acceptors (Lipinski definition) is 4. The Bertz CT molecular complexity index is 902. The predicted molar refractivity (Wildman–Crippen MR) is 93.8 cm³/mol. The van der Waals surface area contributed by atoms with Crippen LogP contribution in [0.4, 0.5) is 14.5 Å². The average molecular weight is 392 g/mol. The summed E-state index contributed by atoms with van der Waals surface area (Å²) in [5.41, 5.74) is -2.54. The summed E-state index contributed by atoms with van der Waals surface area (Å²) in [4.78, 5) is 36.6. The molecule has 0 unspecified atom stereocenters. The van der Waals surface area contributed by atoms with Gasteiger partial charge in [0.25, 0.3) is 11.8 Å². The lowest BCUT2D eigenvalue weighted by Crippen LogP contribution is -2.55. The molecular formula is C18H18F2N4O4. The molecule has 8 nitrogen and oxygen atoms in total. The number of nitrogens with one attached hydrogen (secondary N) is 3. The van der Waals surface area contributed by atoms with Gasteiger partial charge in [-0.15, -0.1) is 0 Å². The van der Waals surface area contributed by atoms with Crippen molar-refractivity contribution >= 4 is 23.5 Å². The zero-order chi connectivity index (χ0) is 20.3. The highest BCUT2D eigenvalue weighted by Gasteiger charge is 2.41. The quantitative estimate of drug-likeness (QED) is 0.622. The summed E-state index contributed by atoms with van der Waals surface area (Å²) in [6.07, 6.45) is 3.86.